The Morgan fingerprint density at radius 2 is 1.78 bits per heavy atom. The van der Waals surface area contributed by atoms with E-state index in [1.807, 2.05) is 18.2 Å². The molecular weight excluding hydrogens is 573 g/mol. The second kappa shape index (κ2) is 15.7. The van der Waals surface area contributed by atoms with E-state index in [0.29, 0.717) is 57.1 Å². The molecule has 5 rings (SSSR count). The van der Waals surface area contributed by atoms with Gasteiger partial charge in [-0.15, -0.1) is 0 Å². The van der Waals surface area contributed by atoms with Crippen LogP contribution in [-0.4, -0.2) is 67.0 Å². The number of carboxylic acid groups (broad SMARTS) is 1. The van der Waals surface area contributed by atoms with Gasteiger partial charge in [0.15, 0.2) is 6.29 Å². The summed E-state index contributed by atoms with van der Waals surface area (Å²) in [6, 6.07) is 10.9. The van der Waals surface area contributed by atoms with Gasteiger partial charge in [-0.2, -0.15) is 0 Å². The lowest BCUT2D eigenvalue weighted by atomic mass is 9.82. The molecule has 0 saturated carbocycles. The molecule has 2 saturated heterocycles. The minimum Gasteiger partial charge on any atom is -0.493 e. The molecule has 0 bridgehead atoms. The van der Waals surface area contributed by atoms with Gasteiger partial charge < -0.3 is 19.3 Å². The van der Waals surface area contributed by atoms with Crippen molar-refractivity contribution in [1.82, 2.24) is 4.90 Å². The molecule has 7 nitrogen and oxygen atoms in total. The van der Waals surface area contributed by atoms with E-state index in [0.717, 1.165) is 61.0 Å². The standard InChI is InChI=1S/C37H50FNO6/c1-4-6-25(7-5-2)19-29(20-26-8-10-31(38)24(3)18-26)33(40)23-39-22-30(27-9-12-34-28(21-27)14-15-43-34)36(37(41)42)32(39)11-13-35-44-16-17-45-35/h8-10,12,18,21,25,29-30,32,35-36H,4-7,11,13-17,19-20,22-23H2,1-3H3,(H,41,42)/t29?,30-,32+,36-/m1/s1. The lowest BCUT2D eigenvalue weighted by Crippen LogP contribution is -2.41. The van der Waals surface area contributed by atoms with Gasteiger partial charge in [-0.25, -0.2) is 4.39 Å². The van der Waals surface area contributed by atoms with Gasteiger partial charge in [-0.05, 0) is 72.9 Å². The van der Waals surface area contributed by atoms with Gasteiger partial charge >= 0.3 is 5.97 Å². The highest BCUT2D eigenvalue weighted by molar-refractivity contribution is 5.83. The predicted octanol–water partition coefficient (Wildman–Crippen LogP) is 6.73. The number of carbonyl (C=O) groups excluding carboxylic acids is 1. The second-order valence-electron chi connectivity index (χ2n) is 13.3. The lowest BCUT2D eigenvalue weighted by Gasteiger charge is -2.29. The average Bonchev–Trinajstić information content (AvgIpc) is 3.78. The number of hydrogen-bond acceptors (Lipinski definition) is 6. The first-order valence-electron chi connectivity index (χ1n) is 17.0. The van der Waals surface area contributed by atoms with E-state index >= 15 is 0 Å². The number of aliphatic carboxylic acids is 1. The summed E-state index contributed by atoms with van der Waals surface area (Å²) in [5.74, 6) is -0.762. The first-order valence-corrected chi connectivity index (χ1v) is 17.0. The summed E-state index contributed by atoms with van der Waals surface area (Å²) < 4.78 is 31.2. The number of fused-ring (bicyclic) bond motifs is 1. The normalized spacial score (nSPS) is 22.6. The highest BCUT2D eigenvalue weighted by atomic mass is 19.1. The number of nitrogens with zero attached hydrogens (tertiary/aromatic N) is 1. The summed E-state index contributed by atoms with van der Waals surface area (Å²) in [4.78, 5) is 29.4. The van der Waals surface area contributed by atoms with E-state index < -0.39 is 11.9 Å². The Morgan fingerprint density at radius 1 is 1.02 bits per heavy atom. The number of ether oxygens (including phenoxy) is 3. The Kier molecular flexibility index (Phi) is 11.7. The maximum atomic E-state index is 14.3. The summed E-state index contributed by atoms with van der Waals surface area (Å²) in [5.41, 5.74) is 3.65. The fourth-order valence-electron chi connectivity index (χ4n) is 7.88. The zero-order chi connectivity index (χ0) is 31.9. The predicted molar refractivity (Wildman–Crippen MR) is 171 cm³/mol. The van der Waals surface area contributed by atoms with Crippen molar-refractivity contribution in [3.05, 3.63) is 64.5 Å². The number of likely N-dealkylation sites (tertiary alicyclic amines) is 1. The number of carbonyl (C=O) groups is 2. The fourth-order valence-corrected chi connectivity index (χ4v) is 7.88. The quantitative estimate of drug-likeness (QED) is 0.222. The number of halogens is 1. The molecule has 4 atom stereocenters. The van der Waals surface area contributed by atoms with Gasteiger partial charge in [-0.3, -0.25) is 14.5 Å². The van der Waals surface area contributed by atoms with Crippen LogP contribution in [0.4, 0.5) is 4.39 Å². The molecule has 0 amide bonds. The molecule has 3 aliphatic heterocycles. The topological polar surface area (TPSA) is 85.3 Å². The van der Waals surface area contributed by atoms with Gasteiger partial charge in [0.2, 0.25) is 0 Å². The first kappa shape index (κ1) is 33.6. The van der Waals surface area contributed by atoms with E-state index in [1.54, 1.807) is 13.0 Å². The molecule has 0 spiro atoms. The Morgan fingerprint density at radius 3 is 2.47 bits per heavy atom. The number of benzene rings is 2. The van der Waals surface area contributed by atoms with Crippen molar-refractivity contribution >= 4 is 11.8 Å². The molecule has 0 aliphatic carbocycles. The Bertz CT molecular complexity index is 1300. The molecule has 8 heteroatoms. The number of ketones is 1. The van der Waals surface area contributed by atoms with Crippen molar-refractivity contribution in [1.29, 1.82) is 0 Å². The molecule has 1 unspecified atom stereocenters. The zero-order valence-electron chi connectivity index (χ0n) is 27.1. The van der Waals surface area contributed by atoms with E-state index in [2.05, 4.69) is 24.8 Å². The largest absolute Gasteiger partial charge is 0.493 e. The first-order chi connectivity index (χ1) is 21.8. The van der Waals surface area contributed by atoms with Crippen LogP contribution in [-0.2, 0) is 31.9 Å². The summed E-state index contributed by atoms with van der Waals surface area (Å²) >= 11 is 0. The molecule has 2 fully saturated rings. The fraction of sp³-hybridized carbons (Fsp3) is 0.622. The van der Waals surface area contributed by atoms with Crippen molar-refractivity contribution in [2.75, 3.05) is 32.9 Å². The summed E-state index contributed by atoms with van der Waals surface area (Å²) in [6.45, 7) is 8.55. The van der Waals surface area contributed by atoms with Crippen LogP contribution in [0.2, 0.25) is 0 Å². The second-order valence-corrected chi connectivity index (χ2v) is 13.3. The molecule has 2 aromatic rings. The van der Waals surface area contributed by atoms with Crippen LogP contribution in [0.3, 0.4) is 0 Å². The molecule has 0 radical (unpaired) electrons. The van der Waals surface area contributed by atoms with Crippen molar-refractivity contribution in [3.63, 3.8) is 0 Å². The number of rotatable bonds is 16. The molecule has 1 N–H and O–H groups in total. The van der Waals surface area contributed by atoms with Crippen LogP contribution < -0.4 is 4.74 Å². The third-order valence-corrected chi connectivity index (χ3v) is 10.1. The molecule has 3 aliphatic rings. The Balaban J connectivity index is 1.41. The van der Waals surface area contributed by atoms with Gasteiger partial charge in [0.1, 0.15) is 17.3 Å². The number of hydrogen-bond donors (Lipinski definition) is 1. The van der Waals surface area contributed by atoms with E-state index in [9.17, 15) is 19.1 Å². The van der Waals surface area contributed by atoms with Crippen LogP contribution in [0.1, 0.15) is 87.0 Å². The van der Waals surface area contributed by atoms with Gasteiger partial charge in [0.05, 0.1) is 32.3 Å². The van der Waals surface area contributed by atoms with Crippen LogP contribution in [0.25, 0.3) is 0 Å². The highest BCUT2D eigenvalue weighted by Gasteiger charge is 2.47. The smallest absolute Gasteiger partial charge is 0.308 e. The van der Waals surface area contributed by atoms with Crippen LogP contribution in [0, 0.1) is 30.5 Å². The number of aryl methyl sites for hydroxylation is 1. The van der Waals surface area contributed by atoms with Crippen LogP contribution in [0.15, 0.2) is 36.4 Å². The van der Waals surface area contributed by atoms with Crippen LogP contribution in [0.5, 0.6) is 5.75 Å². The summed E-state index contributed by atoms with van der Waals surface area (Å²) in [7, 11) is 0. The molecule has 246 valence electrons. The van der Waals surface area contributed by atoms with Gasteiger partial charge in [-0.1, -0.05) is 63.8 Å². The number of carboxylic acids is 1. The SMILES string of the molecule is CCCC(CCC)CC(Cc1ccc(F)c(C)c1)C(=O)CN1C[C@H](c2ccc3c(c2)CCO3)[C@@H](C(=O)O)[C@@H]1CCC1OCCO1. The molecule has 3 heterocycles. The lowest BCUT2D eigenvalue weighted by molar-refractivity contribution is -0.143. The Hall–Kier alpha value is -2.81. The molecule has 45 heavy (non-hydrogen) atoms. The Labute approximate surface area is 267 Å². The molecular formula is C37H50FNO6. The third-order valence-electron chi connectivity index (χ3n) is 10.1. The minimum atomic E-state index is -0.839. The van der Waals surface area contributed by atoms with Gasteiger partial charge in [0.25, 0.3) is 0 Å². The van der Waals surface area contributed by atoms with Crippen molar-refractivity contribution in [2.45, 2.75) is 96.8 Å². The number of Topliss-reactive ketones (excluding diaryl/α,β-unsaturated/α-hetero) is 1. The summed E-state index contributed by atoms with van der Waals surface area (Å²) in [6.07, 6.45) is 7.23. The van der Waals surface area contributed by atoms with E-state index in [4.69, 9.17) is 14.2 Å². The molecule has 0 aromatic heterocycles. The van der Waals surface area contributed by atoms with Crippen molar-refractivity contribution in [2.24, 2.45) is 17.8 Å². The van der Waals surface area contributed by atoms with Gasteiger partial charge in [0, 0.05) is 30.8 Å². The third kappa shape index (κ3) is 8.32. The summed E-state index contributed by atoms with van der Waals surface area (Å²) in [5, 5.41) is 10.6. The van der Waals surface area contributed by atoms with E-state index in [-0.39, 0.29) is 42.3 Å². The monoisotopic (exact) mass is 623 g/mol. The van der Waals surface area contributed by atoms with E-state index in [1.165, 1.54) is 6.07 Å². The minimum absolute atomic E-state index is 0.139. The van der Waals surface area contributed by atoms with Crippen molar-refractivity contribution < 1.29 is 33.3 Å². The average molecular weight is 624 g/mol. The highest BCUT2D eigenvalue weighted by Crippen LogP contribution is 2.42. The zero-order valence-corrected chi connectivity index (χ0v) is 27.1. The maximum absolute atomic E-state index is 14.3. The van der Waals surface area contributed by atoms with Crippen LogP contribution >= 0.6 is 0 Å². The maximum Gasteiger partial charge on any atom is 0.308 e. The van der Waals surface area contributed by atoms with Crippen molar-refractivity contribution in [3.8, 4) is 5.75 Å². The molecule has 2 aromatic carbocycles.